The average Bonchev–Trinajstić information content (AvgIpc) is 2.94. The lowest BCUT2D eigenvalue weighted by Crippen LogP contribution is -2.31. The van der Waals surface area contributed by atoms with Crippen LogP contribution < -0.4 is 20.3 Å². The minimum absolute atomic E-state index is 0.423. The molecular weight excluding hydrogens is 538 g/mol. The Morgan fingerprint density at radius 2 is 1.58 bits per heavy atom. The first kappa shape index (κ1) is 26.4. The van der Waals surface area contributed by atoms with Crippen LogP contribution in [0.15, 0.2) is 77.3 Å². The van der Waals surface area contributed by atoms with Gasteiger partial charge in [0, 0.05) is 36.5 Å². The number of para-hydroxylation sites is 1. The lowest BCUT2D eigenvalue weighted by atomic mass is 9.86. The molecule has 1 aromatic heterocycles. The first-order valence-corrected chi connectivity index (χ1v) is 14.2. The minimum Gasteiger partial charge on any atom is -0.489 e. The Labute approximate surface area is 234 Å². The predicted molar refractivity (Wildman–Crippen MR) is 160 cm³/mol. The third-order valence-electron chi connectivity index (χ3n) is 7.19. The van der Waals surface area contributed by atoms with Gasteiger partial charge < -0.3 is 20.3 Å². The zero-order valence-electron chi connectivity index (χ0n) is 22.2. The van der Waals surface area contributed by atoms with E-state index in [1.807, 2.05) is 38.4 Å². The van der Waals surface area contributed by atoms with Crippen LogP contribution in [0.4, 0.5) is 11.8 Å². The van der Waals surface area contributed by atoms with Gasteiger partial charge in [0.1, 0.15) is 18.2 Å². The lowest BCUT2D eigenvalue weighted by molar-refractivity contribution is 0.306. The SMILES string of the molecule is CN(C)c1nc(NC2CCC(CNCc3ccc(OCc4ccc(Br)cc4)cc3)CC2)nc2ccccc12. The first-order chi connectivity index (χ1) is 18.5. The zero-order chi connectivity index (χ0) is 26.3. The molecule has 7 heteroatoms. The minimum atomic E-state index is 0.423. The van der Waals surface area contributed by atoms with Crippen LogP contribution in [0.25, 0.3) is 10.9 Å². The summed E-state index contributed by atoms with van der Waals surface area (Å²) in [4.78, 5) is 11.7. The molecule has 3 aromatic carbocycles. The van der Waals surface area contributed by atoms with Crippen LogP contribution in [0.3, 0.4) is 0 Å². The standard InChI is InChI=1S/C31H36BrN5O/c1-37(2)30-28-5-3-4-6-29(28)35-31(36-30)34-26-15-9-22(10-16-26)19-33-20-23-11-17-27(18-12-23)38-21-24-7-13-25(32)14-8-24/h3-8,11-14,17-18,22,26,33H,9-10,15-16,19-21H2,1-2H3,(H,34,35,36). The van der Waals surface area contributed by atoms with Gasteiger partial charge in [-0.15, -0.1) is 0 Å². The van der Waals surface area contributed by atoms with Crippen LogP contribution in [0.2, 0.25) is 0 Å². The molecule has 1 aliphatic rings. The van der Waals surface area contributed by atoms with Crippen molar-refractivity contribution in [2.75, 3.05) is 30.9 Å². The summed E-state index contributed by atoms with van der Waals surface area (Å²) >= 11 is 3.47. The van der Waals surface area contributed by atoms with Gasteiger partial charge in [0.25, 0.3) is 0 Å². The van der Waals surface area contributed by atoms with Crippen molar-refractivity contribution in [2.45, 2.75) is 44.9 Å². The van der Waals surface area contributed by atoms with E-state index in [2.05, 4.69) is 80.0 Å². The molecule has 0 saturated heterocycles. The van der Waals surface area contributed by atoms with Gasteiger partial charge in [0.2, 0.25) is 5.95 Å². The topological polar surface area (TPSA) is 62.3 Å². The highest BCUT2D eigenvalue weighted by Gasteiger charge is 2.22. The van der Waals surface area contributed by atoms with Gasteiger partial charge >= 0.3 is 0 Å². The zero-order valence-corrected chi connectivity index (χ0v) is 23.7. The quantitative estimate of drug-likeness (QED) is 0.217. The van der Waals surface area contributed by atoms with Crippen LogP contribution in [-0.2, 0) is 13.2 Å². The molecule has 0 spiro atoms. The molecule has 4 aromatic rings. The lowest BCUT2D eigenvalue weighted by Gasteiger charge is -2.29. The number of nitrogens with zero attached hydrogens (tertiary/aromatic N) is 3. The highest BCUT2D eigenvalue weighted by molar-refractivity contribution is 9.10. The molecule has 0 amide bonds. The summed E-state index contributed by atoms with van der Waals surface area (Å²) < 4.78 is 7.01. The molecule has 6 nitrogen and oxygen atoms in total. The van der Waals surface area contributed by atoms with Gasteiger partial charge in [-0.3, -0.25) is 0 Å². The number of hydrogen-bond acceptors (Lipinski definition) is 6. The fraction of sp³-hybridized carbons (Fsp3) is 0.355. The third-order valence-corrected chi connectivity index (χ3v) is 7.72. The molecular formula is C31H36BrN5O. The number of halogens is 1. The van der Waals surface area contributed by atoms with E-state index in [1.165, 1.54) is 18.4 Å². The molecule has 38 heavy (non-hydrogen) atoms. The highest BCUT2D eigenvalue weighted by atomic mass is 79.9. The smallest absolute Gasteiger partial charge is 0.225 e. The number of nitrogens with one attached hydrogen (secondary N) is 2. The van der Waals surface area contributed by atoms with E-state index in [4.69, 9.17) is 14.7 Å². The Bertz CT molecular complexity index is 1320. The van der Waals surface area contributed by atoms with Crippen molar-refractivity contribution in [1.82, 2.24) is 15.3 Å². The van der Waals surface area contributed by atoms with Crippen molar-refractivity contribution in [3.63, 3.8) is 0 Å². The molecule has 0 bridgehead atoms. The average molecular weight is 575 g/mol. The van der Waals surface area contributed by atoms with E-state index in [0.29, 0.717) is 18.6 Å². The summed E-state index contributed by atoms with van der Waals surface area (Å²) in [5, 5.41) is 8.36. The molecule has 198 valence electrons. The maximum Gasteiger partial charge on any atom is 0.225 e. The number of ether oxygens (including phenoxy) is 1. The Balaban J connectivity index is 1.04. The second-order valence-corrected chi connectivity index (χ2v) is 11.3. The van der Waals surface area contributed by atoms with Crippen molar-refractivity contribution in [1.29, 1.82) is 0 Å². The van der Waals surface area contributed by atoms with E-state index < -0.39 is 0 Å². The monoisotopic (exact) mass is 573 g/mol. The third kappa shape index (κ3) is 7.03. The van der Waals surface area contributed by atoms with Crippen LogP contribution in [0.1, 0.15) is 36.8 Å². The number of benzene rings is 3. The van der Waals surface area contributed by atoms with Crippen LogP contribution in [-0.4, -0.2) is 36.6 Å². The molecule has 1 aliphatic carbocycles. The van der Waals surface area contributed by atoms with Crippen LogP contribution in [0, 0.1) is 5.92 Å². The van der Waals surface area contributed by atoms with Gasteiger partial charge in [0.15, 0.2) is 0 Å². The van der Waals surface area contributed by atoms with Crippen molar-refractivity contribution >= 4 is 38.6 Å². The fourth-order valence-electron chi connectivity index (χ4n) is 5.03. The van der Waals surface area contributed by atoms with Gasteiger partial charge in [-0.2, -0.15) is 4.98 Å². The van der Waals surface area contributed by atoms with E-state index in [1.54, 1.807) is 0 Å². The summed E-state index contributed by atoms with van der Waals surface area (Å²) in [5.74, 6) is 3.30. The Kier molecular flexibility index (Phi) is 8.76. The van der Waals surface area contributed by atoms with E-state index in [9.17, 15) is 0 Å². The summed E-state index contributed by atoms with van der Waals surface area (Å²) in [7, 11) is 4.06. The maximum atomic E-state index is 5.93. The maximum absolute atomic E-state index is 5.93. The Morgan fingerprint density at radius 1 is 0.868 bits per heavy atom. The molecule has 2 N–H and O–H groups in total. The van der Waals surface area contributed by atoms with Crippen molar-refractivity contribution in [2.24, 2.45) is 5.92 Å². The van der Waals surface area contributed by atoms with Gasteiger partial charge in [-0.05, 0) is 85.7 Å². The summed E-state index contributed by atoms with van der Waals surface area (Å²) in [5.41, 5.74) is 3.42. The molecule has 1 heterocycles. The fourth-order valence-corrected chi connectivity index (χ4v) is 5.29. The normalized spacial score (nSPS) is 17.3. The van der Waals surface area contributed by atoms with Gasteiger partial charge in [-0.25, -0.2) is 4.98 Å². The van der Waals surface area contributed by atoms with Gasteiger partial charge in [-0.1, -0.05) is 52.3 Å². The van der Waals surface area contributed by atoms with Crippen LogP contribution in [0.5, 0.6) is 5.75 Å². The van der Waals surface area contributed by atoms with E-state index >= 15 is 0 Å². The second-order valence-electron chi connectivity index (χ2n) is 10.3. The van der Waals surface area contributed by atoms with Crippen LogP contribution >= 0.6 is 15.9 Å². The van der Waals surface area contributed by atoms with E-state index in [0.717, 1.165) is 64.4 Å². The molecule has 0 radical (unpaired) electrons. The molecule has 0 atom stereocenters. The first-order valence-electron chi connectivity index (χ1n) is 13.4. The number of fused-ring (bicyclic) bond motifs is 1. The summed E-state index contributed by atoms with van der Waals surface area (Å²) in [6, 6.07) is 25.3. The molecule has 0 unspecified atom stereocenters. The summed E-state index contributed by atoms with van der Waals surface area (Å²) in [6.45, 7) is 2.50. The number of anilines is 2. The predicted octanol–water partition coefficient (Wildman–Crippen LogP) is 6.80. The van der Waals surface area contributed by atoms with Gasteiger partial charge in [0.05, 0.1) is 5.52 Å². The summed E-state index contributed by atoms with van der Waals surface area (Å²) in [6.07, 6.45) is 4.71. The largest absolute Gasteiger partial charge is 0.489 e. The molecule has 1 fully saturated rings. The highest BCUT2D eigenvalue weighted by Crippen LogP contribution is 2.28. The number of aromatic nitrogens is 2. The second kappa shape index (κ2) is 12.6. The van der Waals surface area contributed by atoms with Crippen molar-refractivity contribution in [3.05, 3.63) is 88.4 Å². The van der Waals surface area contributed by atoms with Crippen molar-refractivity contribution < 1.29 is 4.74 Å². The van der Waals surface area contributed by atoms with E-state index in [-0.39, 0.29) is 0 Å². The number of rotatable bonds is 10. The Hall–Kier alpha value is -3.16. The number of hydrogen-bond donors (Lipinski definition) is 2. The molecule has 5 rings (SSSR count). The Morgan fingerprint density at radius 3 is 2.32 bits per heavy atom. The molecule has 1 saturated carbocycles. The van der Waals surface area contributed by atoms with Crippen molar-refractivity contribution in [3.8, 4) is 5.75 Å². The molecule has 0 aliphatic heterocycles.